The molecule has 2 heterocycles. The molecule has 0 aromatic carbocycles. The largest absolute Gasteiger partial charge is 0.337 e. The minimum absolute atomic E-state index is 0.175. The lowest BCUT2D eigenvalue weighted by molar-refractivity contribution is 0.200. The molecule has 0 saturated heterocycles. The van der Waals surface area contributed by atoms with Gasteiger partial charge in [0, 0.05) is 38.8 Å². The molecule has 0 aliphatic carbocycles. The monoisotopic (exact) mass is 310 g/mol. The number of imidazole rings is 1. The predicted molar refractivity (Wildman–Crippen MR) is 77.8 cm³/mol. The molecule has 0 bridgehead atoms. The number of rotatable bonds is 6. The standard InChI is InChI=1S/C12H18N6O2S/c1-9-15-10(20-16-9)8-18(3)11(19)13-5-7-21-12-14-4-6-17(12)2/h4,6H,5,7-8H2,1-3H3,(H,13,19). The highest BCUT2D eigenvalue weighted by atomic mass is 32.2. The maximum atomic E-state index is 11.9. The molecule has 8 nitrogen and oxygen atoms in total. The highest BCUT2D eigenvalue weighted by Gasteiger charge is 2.12. The van der Waals surface area contributed by atoms with E-state index in [1.807, 2.05) is 17.8 Å². The zero-order valence-electron chi connectivity index (χ0n) is 12.2. The summed E-state index contributed by atoms with van der Waals surface area (Å²) in [5, 5.41) is 7.44. The summed E-state index contributed by atoms with van der Waals surface area (Å²) in [6.45, 7) is 2.59. The Balaban J connectivity index is 1.68. The number of aryl methyl sites for hydroxylation is 2. The van der Waals surface area contributed by atoms with Gasteiger partial charge in [0.05, 0.1) is 0 Å². The quantitative estimate of drug-likeness (QED) is 0.633. The van der Waals surface area contributed by atoms with Gasteiger partial charge in [0.1, 0.15) is 6.54 Å². The van der Waals surface area contributed by atoms with Crippen LogP contribution in [0.15, 0.2) is 22.1 Å². The summed E-state index contributed by atoms with van der Waals surface area (Å²) in [7, 11) is 3.62. The highest BCUT2D eigenvalue weighted by Crippen LogP contribution is 2.13. The van der Waals surface area contributed by atoms with Gasteiger partial charge in [0.25, 0.3) is 0 Å². The zero-order chi connectivity index (χ0) is 15.2. The zero-order valence-corrected chi connectivity index (χ0v) is 13.1. The van der Waals surface area contributed by atoms with Crippen LogP contribution in [0, 0.1) is 6.92 Å². The van der Waals surface area contributed by atoms with E-state index in [2.05, 4.69) is 20.4 Å². The van der Waals surface area contributed by atoms with Gasteiger partial charge in [-0.15, -0.1) is 0 Å². The van der Waals surface area contributed by atoms with Gasteiger partial charge in [-0.25, -0.2) is 9.78 Å². The highest BCUT2D eigenvalue weighted by molar-refractivity contribution is 7.99. The minimum atomic E-state index is -0.175. The van der Waals surface area contributed by atoms with E-state index in [4.69, 9.17) is 4.52 Å². The Morgan fingerprint density at radius 1 is 1.57 bits per heavy atom. The first-order valence-electron chi connectivity index (χ1n) is 6.44. The Bertz CT molecular complexity index is 596. The van der Waals surface area contributed by atoms with E-state index in [9.17, 15) is 4.79 Å². The summed E-state index contributed by atoms with van der Waals surface area (Å²) < 4.78 is 6.92. The molecule has 0 atom stereocenters. The van der Waals surface area contributed by atoms with E-state index in [1.165, 1.54) is 4.90 Å². The second kappa shape index (κ2) is 7.11. The number of thioether (sulfide) groups is 1. The Labute approximate surface area is 126 Å². The summed E-state index contributed by atoms with van der Waals surface area (Å²) in [4.78, 5) is 21.6. The fraction of sp³-hybridized carbons (Fsp3) is 0.500. The van der Waals surface area contributed by atoms with Crippen LogP contribution in [0.4, 0.5) is 4.79 Å². The maximum absolute atomic E-state index is 11.9. The lowest BCUT2D eigenvalue weighted by atomic mass is 10.5. The van der Waals surface area contributed by atoms with Gasteiger partial charge in [-0.3, -0.25) is 0 Å². The first kappa shape index (κ1) is 15.4. The Hall–Kier alpha value is -2.03. The Morgan fingerprint density at radius 2 is 2.38 bits per heavy atom. The molecule has 21 heavy (non-hydrogen) atoms. The van der Waals surface area contributed by atoms with Crippen LogP contribution in [-0.2, 0) is 13.6 Å². The summed E-state index contributed by atoms with van der Waals surface area (Å²) >= 11 is 1.59. The number of carbonyl (C=O) groups is 1. The molecule has 2 rings (SSSR count). The third-order valence-corrected chi connectivity index (χ3v) is 3.74. The lowest BCUT2D eigenvalue weighted by Gasteiger charge is -2.15. The van der Waals surface area contributed by atoms with Gasteiger partial charge < -0.3 is 19.3 Å². The van der Waals surface area contributed by atoms with Crippen molar-refractivity contribution < 1.29 is 9.32 Å². The topological polar surface area (TPSA) is 89.1 Å². The minimum Gasteiger partial charge on any atom is -0.337 e. The lowest BCUT2D eigenvalue weighted by Crippen LogP contribution is -2.37. The molecule has 0 aliphatic rings. The number of urea groups is 1. The second-order valence-electron chi connectivity index (χ2n) is 4.49. The number of carbonyl (C=O) groups excluding carboxylic acids is 1. The first-order valence-corrected chi connectivity index (χ1v) is 7.43. The summed E-state index contributed by atoms with van der Waals surface area (Å²) in [6.07, 6.45) is 3.64. The predicted octanol–water partition coefficient (Wildman–Crippen LogP) is 1.05. The first-order chi connectivity index (χ1) is 10.1. The number of aromatic nitrogens is 4. The van der Waals surface area contributed by atoms with Crippen molar-refractivity contribution in [3.63, 3.8) is 0 Å². The average molecular weight is 310 g/mol. The number of hydrogen-bond donors (Lipinski definition) is 1. The summed E-state index contributed by atoms with van der Waals surface area (Å²) in [5.41, 5.74) is 0. The third kappa shape index (κ3) is 4.48. The van der Waals surface area contributed by atoms with E-state index in [0.717, 1.165) is 10.9 Å². The van der Waals surface area contributed by atoms with Gasteiger partial charge in [-0.05, 0) is 6.92 Å². The molecule has 0 spiro atoms. The molecule has 0 radical (unpaired) electrons. The molecule has 2 aromatic rings. The molecule has 0 fully saturated rings. The van der Waals surface area contributed by atoms with Crippen LogP contribution in [0.2, 0.25) is 0 Å². The molecule has 9 heteroatoms. The molecule has 2 amide bonds. The normalized spacial score (nSPS) is 10.6. The van der Waals surface area contributed by atoms with Crippen molar-refractivity contribution in [1.29, 1.82) is 0 Å². The van der Waals surface area contributed by atoms with Gasteiger partial charge >= 0.3 is 6.03 Å². The SMILES string of the molecule is Cc1noc(CN(C)C(=O)NCCSc2nccn2C)n1. The van der Waals surface area contributed by atoms with Crippen molar-refractivity contribution in [2.75, 3.05) is 19.3 Å². The maximum Gasteiger partial charge on any atom is 0.317 e. The number of nitrogens with zero attached hydrogens (tertiary/aromatic N) is 5. The van der Waals surface area contributed by atoms with Crippen molar-refractivity contribution in [3.05, 3.63) is 24.1 Å². The van der Waals surface area contributed by atoms with Crippen molar-refractivity contribution in [1.82, 2.24) is 29.9 Å². The molecule has 2 aromatic heterocycles. The number of amides is 2. The van der Waals surface area contributed by atoms with E-state index in [-0.39, 0.29) is 6.03 Å². The van der Waals surface area contributed by atoms with Crippen LogP contribution in [0.25, 0.3) is 0 Å². The van der Waals surface area contributed by atoms with Crippen molar-refractivity contribution in [2.24, 2.45) is 7.05 Å². The van der Waals surface area contributed by atoms with Crippen LogP contribution < -0.4 is 5.32 Å². The molecule has 114 valence electrons. The summed E-state index contributed by atoms with van der Waals surface area (Å²) in [5.74, 6) is 1.74. The fourth-order valence-electron chi connectivity index (χ4n) is 1.61. The Morgan fingerprint density at radius 3 is 3.00 bits per heavy atom. The summed E-state index contributed by atoms with van der Waals surface area (Å²) in [6, 6.07) is -0.175. The second-order valence-corrected chi connectivity index (χ2v) is 5.55. The van der Waals surface area contributed by atoms with E-state index in [0.29, 0.717) is 24.8 Å². The van der Waals surface area contributed by atoms with Crippen LogP contribution in [0.1, 0.15) is 11.7 Å². The van der Waals surface area contributed by atoms with E-state index < -0.39 is 0 Å². The van der Waals surface area contributed by atoms with Gasteiger partial charge in [0.2, 0.25) is 5.89 Å². The Kier molecular flexibility index (Phi) is 5.20. The van der Waals surface area contributed by atoms with Gasteiger partial charge in [-0.2, -0.15) is 4.98 Å². The van der Waals surface area contributed by atoms with Gasteiger partial charge in [0.15, 0.2) is 11.0 Å². The van der Waals surface area contributed by atoms with E-state index >= 15 is 0 Å². The van der Waals surface area contributed by atoms with Crippen LogP contribution >= 0.6 is 11.8 Å². The fourth-order valence-corrected chi connectivity index (χ4v) is 2.39. The number of nitrogens with one attached hydrogen (secondary N) is 1. The average Bonchev–Trinajstić information content (AvgIpc) is 3.03. The smallest absolute Gasteiger partial charge is 0.317 e. The van der Waals surface area contributed by atoms with Gasteiger partial charge in [-0.1, -0.05) is 16.9 Å². The van der Waals surface area contributed by atoms with Crippen molar-refractivity contribution >= 4 is 17.8 Å². The molecular weight excluding hydrogens is 292 g/mol. The molecule has 0 saturated carbocycles. The van der Waals surface area contributed by atoms with Crippen molar-refractivity contribution in [2.45, 2.75) is 18.6 Å². The van der Waals surface area contributed by atoms with Crippen LogP contribution in [-0.4, -0.2) is 50.0 Å². The van der Waals surface area contributed by atoms with E-state index in [1.54, 1.807) is 31.9 Å². The molecule has 0 aliphatic heterocycles. The van der Waals surface area contributed by atoms with Crippen molar-refractivity contribution in [3.8, 4) is 0 Å². The third-order valence-electron chi connectivity index (χ3n) is 2.68. The molecule has 0 unspecified atom stereocenters. The van der Waals surface area contributed by atoms with Crippen LogP contribution in [0.3, 0.4) is 0 Å². The molecule has 1 N–H and O–H groups in total. The molecular formula is C12H18N6O2S. The number of hydrogen-bond acceptors (Lipinski definition) is 6. The van der Waals surface area contributed by atoms with Crippen LogP contribution in [0.5, 0.6) is 0 Å².